The lowest BCUT2D eigenvalue weighted by Gasteiger charge is -2.25. The average Bonchev–Trinajstić information content (AvgIpc) is 3.13. The standard InChI is InChI=1S/C30H31NO3/c1-2-20-31-28(19-18-24-12-6-3-7-13-24)27(23-33-21-25-14-8-4-9-15-25)29(30(31)32)34-22-26-16-10-5-11-17-26/h2-19,27-29H,1,20-23H2/b19-18+/t27-,28-,29+/m1/s1. The highest BCUT2D eigenvalue weighted by Gasteiger charge is 2.47. The fourth-order valence-corrected chi connectivity index (χ4v) is 4.30. The number of benzene rings is 3. The Bertz CT molecular complexity index is 1070. The van der Waals surface area contributed by atoms with Gasteiger partial charge in [-0.25, -0.2) is 0 Å². The smallest absolute Gasteiger partial charge is 0.252 e. The van der Waals surface area contributed by atoms with Crippen molar-refractivity contribution < 1.29 is 14.3 Å². The van der Waals surface area contributed by atoms with Gasteiger partial charge in [0.15, 0.2) is 0 Å². The van der Waals surface area contributed by atoms with Gasteiger partial charge in [0, 0.05) is 12.5 Å². The van der Waals surface area contributed by atoms with Crippen LogP contribution in [0.4, 0.5) is 0 Å². The highest BCUT2D eigenvalue weighted by molar-refractivity contribution is 5.85. The molecule has 34 heavy (non-hydrogen) atoms. The van der Waals surface area contributed by atoms with Gasteiger partial charge in [0.25, 0.3) is 5.91 Å². The molecule has 1 amide bonds. The Labute approximate surface area is 202 Å². The second-order valence-electron chi connectivity index (χ2n) is 8.42. The molecule has 4 heteroatoms. The fourth-order valence-electron chi connectivity index (χ4n) is 4.30. The number of carbonyl (C=O) groups is 1. The van der Waals surface area contributed by atoms with E-state index in [0.717, 1.165) is 16.7 Å². The number of amides is 1. The number of likely N-dealkylation sites (tertiary alicyclic amines) is 1. The third-order valence-electron chi connectivity index (χ3n) is 6.02. The van der Waals surface area contributed by atoms with Crippen LogP contribution >= 0.6 is 0 Å². The van der Waals surface area contributed by atoms with Crippen LogP contribution in [0.1, 0.15) is 16.7 Å². The molecule has 0 aliphatic carbocycles. The van der Waals surface area contributed by atoms with Crippen LogP contribution in [0.5, 0.6) is 0 Å². The van der Waals surface area contributed by atoms with E-state index < -0.39 is 6.10 Å². The van der Waals surface area contributed by atoms with Crippen LogP contribution in [0.3, 0.4) is 0 Å². The summed E-state index contributed by atoms with van der Waals surface area (Å²) < 4.78 is 12.4. The van der Waals surface area contributed by atoms with E-state index in [1.54, 1.807) is 6.08 Å². The van der Waals surface area contributed by atoms with Crippen molar-refractivity contribution >= 4 is 12.0 Å². The molecule has 4 nitrogen and oxygen atoms in total. The molecule has 0 N–H and O–H groups in total. The molecule has 0 aromatic heterocycles. The van der Waals surface area contributed by atoms with Gasteiger partial charge in [0.1, 0.15) is 6.10 Å². The van der Waals surface area contributed by atoms with E-state index in [9.17, 15) is 4.79 Å². The van der Waals surface area contributed by atoms with Crippen LogP contribution < -0.4 is 0 Å². The summed E-state index contributed by atoms with van der Waals surface area (Å²) in [5.41, 5.74) is 3.23. The van der Waals surface area contributed by atoms with Gasteiger partial charge in [0.2, 0.25) is 0 Å². The third kappa shape index (κ3) is 6.10. The SMILES string of the molecule is C=CCN1C(=O)[C@@H](OCc2ccccc2)[C@H](COCc2ccccc2)[C@H]1/C=C/c1ccccc1. The topological polar surface area (TPSA) is 38.8 Å². The van der Waals surface area contributed by atoms with Gasteiger partial charge in [-0.3, -0.25) is 4.79 Å². The number of nitrogens with zero attached hydrogens (tertiary/aromatic N) is 1. The number of hydrogen-bond donors (Lipinski definition) is 0. The van der Waals surface area contributed by atoms with E-state index in [1.807, 2.05) is 83.8 Å². The van der Waals surface area contributed by atoms with E-state index in [-0.39, 0.29) is 17.9 Å². The predicted molar refractivity (Wildman–Crippen MR) is 136 cm³/mol. The minimum absolute atomic E-state index is 0.0214. The molecule has 174 valence electrons. The van der Waals surface area contributed by atoms with Crippen molar-refractivity contribution in [2.75, 3.05) is 13.2 Å². The molecule has 1 saturated heterocycles. The molecular weight excluding hydrogens is 422 g/mol. The first-order valence-electron chi connectivity index (χ1n) is 11.7. The summed E-state index contributed by atoms with van der Waals surface area (Å²) in [6.07, 6.45) is 5.35. The van der Waals surface area contributed by atoms with E-state index in [0.29, 0.717) is 26.4 Å². The van der Waals surface area contributed by atoms with Crippen molar-refractivity contribution in [1.29, 1.82) is 0 Å². The highest BCUT2D eigenvalue weighted by atomic mass is 16.5. The van der Waals surface area contributed by atoms with Gasteiger partial charge < -0.3 is 14.4 Å². The molecule has 1 aliphatic heterocycles. The lowest BCUT2D eigenvalue weighted by molar-refractivity contribution is -0.139. The van der Waals surface area contributed by atoms with Crippen LogP contribution in [0.2, 0.25) is 0 Å². The molecule has 1 aliphatic rings. The molecule has 1 fully saturated rings. The molecule has 3 aromatic rings. The summed E-state index contributed by atoms with van der Waals surface area (Å²) in [6, 6.07) is 30.0. The van der Waals surface area contributed by atoms with Crippen molar-refractivity contribution in [1.82, 2.24) is 4.90 Å². The zero-order chi connectivity index (χ0) is 23.6. The molecule has 0 saturated carbocycles. The normalized spacial score (nSPS) is 20.2. The lowest BCUT2D eigenvalue weighted by atomic mass is 9.97. The first kappa shape index (κ1) is 23.7. The van der Waals surface area contributed by atoms with Gasteiger partial charge in [0.05, 0.1) is 25.9 Å². The van der Waals surface area contributed by atoms with Crippen LogP contribution in [-0.2, 0) is 27.5 Å². The highest BCUT2D eigenvalue weighted by Crippen LogP contribution is 2.31. The molecular formula is C30H31NO3. The monoisotopic (exact) mass is 453 g/mol. The summed E-state index contributed by atoms with van der Waals surface area (Å²) in [6.45, 7) is 5.61. The molecule has 1 heterocycles. The van der Waals surface area contributed by atoms with Crippen molar-refractivity contribution in [3.63, 3.8) is 0 Å². The second kappa shape index (κ2) is 12.1. The van der Waals surface area contributed by atoms with E-state index in [1.165, 1.54) is 0 Å². The Balaban J connectivity index is 1.55. The van der Waals surface area contributed by atoms with Crippen LogP contribution in [0, 0.1) is 5.92 Å². The zero-order valence-corrected chi connectivity index (χ0v) is 19.3. The lowest BCUT2D eigenvalue weighted by Crippen LogP contribution is -2.35. The van der Waals surface area contributed by atoms with Crippen molar-refractivity contribution in [3.05, 3.63) is 126 Å². The number of ether oxygens (including phenoxy) is 2. The van der Waals surface area contributed by atoms with Crippen molar-refractivity contribution in [2.45, 2.75) is 25.4 Å². The summed E-state index contributed by atoms with van der Waals surface area (Å²) in [5.74, 6) is -0.160. The Hall–Kier alpha value is -3.47. The van der Waals surface area contributed by atoms with Gasteiger partial charge >= 0.3 is 0 Å². The second-order valence-corrected chi connectivity index (χ2v) is 8.42. The van der Waals surface area contributed by atoms with Gasteiger partial charge in [-0.05, 0) is 16.7 Å². The van der Waals surface area contributed by atoms with E-state index >= 15 is 0 Å². The number of carbonyl (C=O) groups excluding carboxylic acids is 1. The Morgan fingerprint density at radius 2 is 1.41 bits per heavy atom. The van der Waals surface area contributed by atoms with Crippen LogP contribution in [0.25, 0.3) is 6.08 Å². The fraction of sp³-hybridized carbons (Fsp3) is 0.233. The van der Waals surface area contributed by atoms with E-state index in [2.05, 4.69) is 30.9 Å². The first-order valence-corrected chi connectivity index (χ1v) is 11.7. The van der Waals surface area contributed by atoms with Crippen molar-refractivity contribution in [2.24, 2.45) is 5.92 Å². The molecule has 0 bridgehead atoms. The molecule has 3 atom stereocenters. The largest absolute Gasteiger partial charge is 0.376 e. The maximum Gasteiger partial charge on any atom is 0.252 e. The molecule has 0 spiro atoms. The number of rotatable bonds is 11. The Kier molecular flexibility index (Phi) is 8.44. The van der Waals surface area contributed by atoms with E-state index in [4.69, 9.17) is 9.47 Å². The molecule has 4 rings (SSSR count). The summed E-state index contributed by atoms with van der Waals surface area (Å²) in [7, 11) is 0. The molecule has 0 radical (unpaired) electrons. The zero-order valence-electron chi connectivity index (χ0n) is 19.3. The van der Waals surface area contributed by atoms with Crippen LogP contribution in [0.15, 0.2) is 110 Å². The molecule has 0 unspecified atom stereocenters. The summed E-state index contributed by atoms with van der Waals surface area (Å²) in [4.78, 5) is 15.3. The van der Waals surface area contributed by atoms with Crippen LogP contribution in [-0.4, -0.2) is 36.1 Å². The van der Waals surface area contributed by atoms with Gasteiger partial charge in [-0.1, -0.05) is 109 Å². The van der Waals surface area contributed by atoms with Crippen molar-refractivity contribution in [3.8, 4) is 0 Å². The average molecular weight is 454 g/mol. The summed E-state index contributed by atoms with van der Waals surface area (Å²) >= 11 is 0. The van der Waals surface area contributed by atoms with Gasteiger partial charge in [-0.2, -0.15) is 0 Å². The maximum atomic E-state index is 13.4. The molecule has 3 aromatic carbocycles. The number of hydrogen-bond acceptors (Lipinski definition) is 3. The van der Waals surface area contributed by atoms with Gasteiger partial charge in [-0.15, -0.1) is 6.58 Å². The minimum atomic E-state index is -0.582. The first-order chi connectivity index (χ1) is 16.8. The third-order valence-corrected chi connectivity index (χ3v) is 6.02. The Morgan fingerprint density at radius 1 is 0.824 bits per heavy atom. The summed E-state index contributed by atoms with van der Waals surface area (Å²) in [5, 5.41) is 0. The predicted octanol–water partition coefficient (Wildman–Crippen LogP) is 5.52. The minimum Gasteiger partial charge on any atom is -0.376 e. The maximum absolute atomic E-state index is 13.4. The Morgan fingerprint density at radius 3 is 2.03 bits per heavy atom. The quantitative estimate of drug-likeness (QED) is 0.359.